The Kier molecular flexibility index (Phi) is 7.68. The van der Waals surface area contributed by atoms with Crippen molar-refractivity contribution in [2.75, 3.05) is 12.9 Å². The summed E-state index contributed by atoms with van der Waals surface area (Å²) in [5, 5.41) is -0.272. The SMILES string of the molecule is COCc1nc(-c2cc(Cl)c(F)c(C(=O)NNS(=O)(=O)CC3CCCCC3)c2)cn1C. The minimum Gasteiger partial charge on any atom is -0.377 e. The number of hydrazine groups is 1. The van der Waals surface area contributed by atoms with Crippen molar-refractivity contribution in [2.24, 2.45) is 13.0 Å². The molecule has 2 aromatic rings. The highest BCUT2D eigenvalue weighted by molar-refractivity contribution is 7.89. The van der Waals surface area contributed by atoms with Gasteiger partial charge in [0.2, 0.25) is 10.0 Å². The van der Waals surface area contributed by atoms with Gasteiger partial charge < -0.3 is 9.30 Å². The molecule has 0 atom stereocenters. The van der Waals surface area contributed by atoms with Crippen LogP contribution in [0.4, 0.5) is 4.39 Å². The number of sulfonamides is 1. The Bertz CT molecular complexity index is 1050. The molecule has 1 heterocycles. The van der Waals surface area contributed by atoms with Gasteiger partial charge >= 0.3 is 0 Å². The average Bonchev–Trinajstić information content (AvgIpc) is 3.09. The van der Waals surface area contributed by atoms with Crippen molar-refractivity contribution in [2.45, 2.75) is 38.7 Å². The molecule has 1 aromatic heterocycles. The van der Waals surface area contributed by atoms with Crippen LogP contribution in [0.3, 0.4) is 0 Å². The molecule has 31 heavy (non-hydrogen) atoms. The number of nitrogens with zero attached hydrogens (tertiary/aromatic N) is 2. The van der Waals surface area contributed by atoms with E-state index in [1.165, 1.54) is 12.1 Å². The molecule has 1 saturated carbocycles. The van der Waals surface area contributed by atoms with Gasteiger partial charge in [0.05, 0.1) is 22.0 Å². The van der Waals surface area contributed by atoms with Crippen LogP contribution in [-0.2, 0) is 28.4 Å². The van der Waals surface area contributed by atoms with Crippen molar-refractivity contribution < 1.29 is 22.3 Å². The van der Waals surface area contributed by atoms with Crippen LogP contribution in [0.1, 0.15) is 48.3 Å². The molecule has 0 radical (unpaired) electrons. The highest BCUT2D eigenvalue weighted by Gasteiger charge is 2.23. The lowest BCUT2D eigenvalue weighted by Gasteiger charge is -2.21. The van der Waals surface area contributed by atoms with Gasteiger partial charge in [-0.05, 0) is 30.9 Å². The second-order valence-corrected chi connectivity index (χ2v) is 9.92. The van der Waals surface area contributed by atoms with E-state index in [1.807, 2.05) is 0 Å². The number of hydrogen-bond donors (Lipinski definition) is 2. The van der Waals surface area contributed by atoms with Crippen molar-refractivity contribution in [3.8, 4) is 11.3 Å². The quantitative estimate of drug-likeness (QED) is 0.574. The summed E-state index contributed by atoms with van der Waals surface area (Å²) in [6.07, 6.45) is 6.50. The first-order chi connectivity index (χ1) is 14.7. The number of halogens is 2. The zero-order chi connectivity index (χ0) is 22.6. The van der Waals surface area contributed by atoms with Gasteiger partial charge in [-0.2, -0.15) is 0 Å². The molecule has 1 aliphatic carbocycles. The fourth-order valence-corrected chi connectivity index (χ4v) is 5.21. The first kappa shape index (κ1) is 23.6. The molecule has 3 rings (SSSR count). The average molecular weight is 473 g/mol. The van der Waals surface area contributed by atoms with Crippen molar-refractivity contribution in [1.82, 2.24) is 19.8 Å². The van der Waals surface area contributed by atoms with E-state index in [4.69, 9.17) is 16.3 Å². The molecule has 170 valence electrons. The van der Waals surface area contributed by atoms with E-state index in [0.717, 1.165) is 32.1 Å². The topological polar surface area (TPSA) is 102 Å². The number of aryl methyl sites for hydroxylation is 1. The predicted octanol–water partition coefficient (Wildman–Crippen LogP) is 3.17. The molecule has 1 amide bonds. The maximum absolute atomic E-state index is 14.5. The van der Waals surface area contributed by atoms with Crippen LogP contribution >= 0.6 is 11.6 Å². The van der Waals surface area contributed by atoms with Gasteiger partial charge in [-0.15, -0.1) is 4.83 Å². The number of aromatic nitrogens is 2. The molecule has 0 aliphatic heterocycles. The summed E-state index contributed by atoms with van der Waals surface area (Å²) in [5.41, 5.74) is 2.60. The van der Waals surface area contributed by atoms with Gasteiger partial charge in [-0.3, -0.25) is 10.2 Å². The van der Waals surface area contributed by atoms with E-state index in [9.17, 15) is 17.6 Å². The van der Waals surface area contributed by atoms with Gasteiger partial charge in [-0.1, -0.05) is 30.9 Å². The Labute approximate surface area is 186 Å². The summed E-state index contributed by atoms with van der Waals surface area (Å²) in [6.45, 7) is 0.279. The van der Waals surface area contributed by atoms with Crippen molar-refractivity contribution in [1.29, 1.82) is 0 Å². The predicted molar refractivity (Wildman–Crippen MR) is 115 cm³/mol. The van der Waals surface area contributed by atoms with Crippen LogP contribution in [0.5, 0.6) is 0 Å². The minimum absolute atomic E-state index is 0.0584. The van der Waals surface area contributed by atoms with E-state index in [1.54, 1.807) is 24.9 Å². The number of ether oxygens (including phenoxy) is 1. The first-order valence-electron chi connectivity index (χ1n) is 10.0. The smallest absolute Gasteiger partial charge is 0.269 e. The second-order valence-electron chi connectivity index (χ2n) is 7.75. The molecule has 11 heteroatoms. The van der Waals surface area contributed by atoms with Crippen LogP contribution in [0.2, 0.25) is 5.02 Å². The molecule has 0 saturated heterocycles. The Morgan fingerprint density at radius 1 is 1.32 bits per heavy atom. The summed E-state index contributed by atoms with van der Waals surface area (Å²) < 4.78 is 46.0. The summed E-state index contributed by atoms with van der Waals surface area (Å²) in [5.74, 6) is -1.27. The lowest BCUT2D eigenvalue weighted by atomic mass is 9.91. The standard InChI is InChI=1S/C20H26ClFN4O4S/c1-26-10-17(23-18(26)11-30-2)14-8-15(19(22)16(21)9-14)20(27)24-25-31(28,29)12-13-6-4-3-5-7-13/h8-10,13,25H,3-7,11-12H2,1-2H3,(H,24,27). The van der Waals surface area contributed by atoms with E-state index in [2.05, 4.69) is 15.2 Å². The summed E-state index contributed by atoms with van der Waals surface area (Å²) in [6, 6.07) is 2.64. The molecule has 2 N–H and O–H groups in total. The Morgan fingerprint density at radius 2 is 2.03 bits per heavy atom. The lowest BCUT2D eigenvalue weighted by Crippen LogP contribution is -2.44. The van der Waals surface area contributed by atoms with E-state index in [-0.39, 0.29) is 28.9 Å². The fourth-order valence-electron chi connectivity index (χ4n) is 3.71. The van der Waals surface area contributed by atoms with Crippen LogP contribution in [0, 0.1) is 11.7 Å². The largest absolute Gasteiger partial charge is 0.377 e. The third kappa shape index (κ3) is 6.03. The Morgan fingerprint density at radius 3 is 2.71 bits per heavy atom. The summed E-state index contributed by atoms with van der Waals surface area (Å²) in [7, 11) is -0.420. The third-order valence-corrected chi connectivity index (χ3v) is 6.91. The highest BCUT2D eigenvalue weighted by atomic mass is 35.5. The number of rotatable bonds is 8. The van der Waals surface area contributed by atoms with Crippen LogP contribution in [0.15, 0.2) is 18.3 Å². The number of nitrogens with one attached hydrogen (secondary N) is 2. The zero-order valence-corrected chi connectivity index (χ0v) is 19.0. The summed E-state index contributed by atoms with van der Waals surface area (Å²) >= 11 is 5.99. The fraction of sp³-hybridized carbons (Fsp3) is 0.500. The number of imidazole rings is 1. The van der Waals surface area contributed by atoms with Crippen LogP contribution < -0.4 is 10.3 Å². The molecule has 0 spiro atoms. The van der Waals surface area contributed by atoms with Gasteiger partial charge in [0.1, 0.15) is 12.4 Å². The third-order valence-electron chi connectivity index (χ3n) is 5.31. The lowest BCUT2D eigenvalue weighted by molar-refractivity contribution is 0.0941. The number of hydrogen-bond acceptors (Lipinski definition) is 5. The molecular formula is C20H26ClFN4O4S. The molecule has 0 unspecified atom stereocenters. The maximum atomic E-state index is 14.5. The number of methoxy groups -OCH3 is 1. The summed E-state index contributed by atoms with van der Waals surface area (Å²) in [4.78, 5) is 19.0. The maximum Gasteiger partial charge on any atom is 0.269 e. The van der Waals surface area contributed by atoms with E-state index in [0.29, 0.717) is 17.1 Å². The first-order valence-corrected chi connectivity index (χ1v) is 12.0. The monoisotopic (exact) mass is 472 g/mol. The van der Waals surface area contributed by atoms with Crippen LogP contribution in [-0.4, -0.2) is 36.7 Å². The molecule has 1 aliphatic rings. The Balaban J connectivity index is 1.75. The van der Waals surface area contributed by atoms with Gasteiger partial charge in [0.15, 0.2) is 5.82 Å². The van der Waals surface area contributed by atoms with Crippen molar-refractivity contribution in [3.63, 3.8) is 0 Å². The van der Waals surface area contributed by atoms with Crippen molar-refractivity contribution >= 4 is 27.5 Å². The number of carbonyl (C=O) groups excluding carboxylic acids is 1. The molecule has 0 bridgehead atoms. The molecule has 8 nitrogen and oxygen atoms in total. The molecule has 1 aromatic carbocycles. The van der Waals surface area contributed by atoms with Gasteiger partial charge in [0.25, 0.3) is 5.91 Å². The number of amides is 1. The van der Waals surface area contributed by atoms with Crippen LogP contribution in [0.25, 0.3) is 11.3 Å². The van der Waals surface area contributed by atoms with Crippen molar-refractivity contribution in [3.05, 3.63) is 40.6 Å². The van der Waals surface area contributed by atoms with Gasteiger partial charge in [0, 0.05) is 25.9 Å². The van der Waals surface area contributed by atoms with Gasteiger partial charge in [-0.25, -0.2) is 17.8 Å². The second kappa shape index (κ2) is 10.1. The molecule has 1 fully saturated rings. The zero-order valence-electron chi connectivity index (χ0n) is 17.5. The normalized spacial score (nSPS) is 15.2. The highest BCUT2D eigenvalue weighted by Crippen LogP contribution is 2.28. The molecular weight excluding hydrogens is 447 g/mol. The van der Waals surface area contributed by atoms with E-state index < -0.39 is 21.7 Å². The Hall–Kier alpha value is -2.01. The number of benzene rings is 1. The van der Waals surface area contributed by atoms with E-state index >= 15 is 0 Å². The number of carbonyl (C=O) groups is 1. The minimum atomic E-state index is -3.75.